The van der Waals surface area contributed by atoms with Crippen molar-refractivity contribution in [3.05, 3.63) is 71.0 Å². The second-order valence-corrected chi connectivity index (χ2v) is 15.8. The average molecular weight is 630 g/mol. The average Bonchev–Trinajstić information content (AvgIpc) is 2.98. The number of aromatic nitrogens is 1. The van der Waals surface area contributed by atoms with Crippen molar-refractivity contribution in [2.45, 2.75) is 98.1 Å². The van der Waals surface area contributed by atoms with Crippen LogP contribution < -0.4 is 0 Å². The van der Waals surface area contributed by atoms with Crippen LogP contribution in [-0.2, 0) is 23.1 Å². The highest BCUT2D eigenvalue weighted by Crippen LogP contribution is 2.65. The maximum Gasteiger partial charge on any atom is 0.376 e. The van der Waals surface area contributed by atoms with Gasteiger partial charge in [0, 0.05) is 29.1 Å². The largest absolute Gasteiger partial charge is 0.441 e. The summed E-state index contributed by atoms with van der Waals surface area (Å²) in [6.07, 6.45) is 11.5. The quantitative estimate of drug-likeness (QED) is 0.140. The van der Waals surface area contributed by atoms with Crippen LogP contribution in [0.3, 0.4) is 0 Å². The van der Waals surface area contributed by atoms with Crippen molar-refractivity contribution < 1.29 is 23.1 Å². The van der Waals surface area contributed by atoms with Gasteiger partial charge in [0.05, 0.1) is 12.2 Å². The molecule has 0 aliphatic heterocycles. The Hall–Kier alpha value is -1.98. The number of ether oxygens (including phenoxy) is 1. The van der Waals surface area contributed by atoms with Gasteiger partial charge in [0.25, 0.3) is 0 Å². The van der Waals surface area contributed by atoms with Gasteiger partial charge >= 0.3 is 13.6 Å². The molecule has 0 spiro atoms. The van der Waals surface area contributed by atoms with Crippen LogP contribution in [0, 0.1) is 35.5 Å². The third-order valence-corrected chi connectivity index (χ3v) is 11.9. The number of carbonyl (C=O) groups is 1. The fourth-order valence-corrected chi connectivity index (χ4v) is 8.86. The minimum Gasteiger partial charge on any atom is -0.441 e. The molecule has 43 heavy (non-hydrogen) atoms. The zero-order valence-electron chi connectivity index (χ0n) is 26.5. The van der Waals surface area contributed by atoms with Crippen LogP contribution in [0.2, 0.25) is 5.02 Å². The van der Waals surface area contributed by atoms with Crippen molar-refractivity contribution >= 4 is 31.2 Å². The minimum absolute atomic E-state index is 0.203. The number of pyridine rings is 1. The van der Waals surface area contributed by atoms with E-state index in [-0.39, 0.29) is 24.0 Å². The number of halogens is 1. The molecule has 2 aromatic rings. The lowest BCUT2D eigenvalue weighted by Crippen LogP contribution is -2.35. The van der Waals surface area contributed by atoms with E-state index < -0.39 is 19.4 Å². The Bertz CT molecular complexity index is 1210. The Balaban J connectivity index is 1.69. The predicted molar refractivity (Wildman–Crippen MR) is 174 cm³/mol. The molecule has 2 aliphatic rings. The van der Waals surface area contributed by atoms with Crippen molar-refractivity contribution in [2.75, 3.05) is 0 Å². The lowest BCUT2D eigenvalue weighted by molar-refractivity contribution is -0.141. The lowest BCUT2D eigenvalue weighted by atomic mass is 9.76. The highest BCUT2D eigenvalue weighted by Gasteiger charge is 2.48. The summed E-state index contributed by atoms with van der Waals surface area (Å²) in [7, 11) is -4.07. The number of hydrogen-bond acceptors (Lipinski definition) is 6. The highest BCUT2D eigenvalue weighted by molar-refractivity contribution is 7.54. The second kappa shape index (κ2) is 15.3. The first kappa shape index (κ1) is 33.9. The summed E-state index contributed by atoms with van der Waals surface area (Å²) in [5.74, 6) is 0.448. The molecule has 0 radical (unpaired) electrons. The molecule has 0 saturated heterocycles. The molecule has 0 amide bonds. The number of esters is 1. The van der Waals surface area contributed by atoms with E-state index in [9.17, 15) is 4.79 Å². The molecule has 1 aromatic heterocycles. The van der Waals surface area contributed by atoms with E-state index in [1.165, 1.54) is 6.08 Å². The Morgan fingerprint density at radius 3 is 1.95 bits per heavy atom. The van der Waals surface area contributed by atoms with Gasteiger partial charge in [-0.3, -0.25) is 9.55 Å². The van der Waals surface area contributed by atoms with Crippen molar-refractivity contribution in [3.63, 3.8) is 0 Å². The maximum absolute atomic E-state index is 15.4. The second-order valence-electron chi connectivity index (χ2n) is 13.4. The first-order valence-corrected chi connectivity index (χ1v) is 17.9. The summed E-state index contributed by atoms with van der Waals surface area (Å²) in [5, 5.41) is 0.611. The number of rotatable bonds is 11. The number of benzene rings is 1. The zero-order chi connectivity index (χ0) is 31.1. The van der Waals surface area contributed by atoms with Crippen LogP contribution in [0.25, 0.3) is 6.08 Å². The fraction of sp³-hybridized carbons (Fsp3) is 0.600. The Kier molecular flexibility index (Phi) is 12.1. The van der Waals surface area contributed by atoms with Gasteiger partial charge in [-0.15, -0.1) is 0 Å². The van der Waals surface area contributed by atoms with Gasteiger partial charge < -0.3 is 13.8 Å². The van der Waals surface area contributed by atoms with E-state index in [1.54, 1.807) is 42.7 Å². The van der Waals surface area contributed by atoms with Crippen molar-refractivity contribution in [1.29, 1.82) is 0 Å². The summed E-state index contributed by atoms with van der Waals surface area (Å²) < 4.78 is 34.8. The van der Waals surface area contributed by atoms with Crippen molar-refractivity contribution in [2.24, 2.45) is 35.5 Å². The Morgan fingerprint density at radius 2 is 1.47 bits per heavy atom. The van der Waals surface area contributed by atoms with Gasteiger partial charge in [-0.1, -0.05) is 71.3 Å². The van der Waals surface area contributed by atoms with Gasteiger partial charge in [0.2, 0.25) is 5.85 Å². The molecule has 2 saturated carbocycles. The Morgan fingerprint density at radius 1 is 0.907 bits per heavy atom. The van der Waals surface area contributed by atoms with Crippen LogP contribution in [0.15, 0.2) is 54.9 Å². The number of hydrogen-bond donors (Lipinski definition) is 0. The first-order chi connectivity index (χ1) is 20.4. The molecule has 6 nitrogen and oxygen atoms in total. The van der Waals surface area contributed by atoms with Gasteiger partial charge in [-0.25, -0.2) is 4.79 Å². The first-order valence-electron chi connectivity index (χ1n) is 16.0. The topological polar surface area (TPSA) is 74.7 Å². The summed E-state index contributed by atoms with van der Waals surface area (Å²) in [4.78, 5) is 17.6. The van der Waals surface area contributed by atoms with Crippen LogP contribution in [-0.4, -0.2) is 23.2 Å². The molecule has 2 fully saturated rings. The SMILES string of the molecule is CC(C)C1CCC(C)C(OP(=O)(OC2CC(C(C)C)CCC2C)C(OC(=O)C=Cc2ccc(Cl)cc2)c2cccnc2)C1. The molecular weight excluding hydrogens is 581 g/mol. The number of nitrogens with zero attached hydrogens (tertiary/aromatic N) is 1. The van der Waals surface area contributed by atoms with E-state index in [0.717, 1.165) is 44.1 Å². The van der Waals surface area contributed by atoms with Crippen molar-refractivity contribution in [3.8, 4) is 0 Å². The molecule has 236 valence electrons. The maximum atomic E-state index is 15.4. The minimum atomic E-state index is -4.07. The normalized spacial score (nSPS) is 28.6. The molecule has 4 rings (SSSR count). The Labute approximate surface area is 263 Å². The lowest BCUT2D eigenvalue weighted by Gasteiger charge is -2.42. The van der Waals surface area contributed by atoms with Crippen LogP contribution >= 0.6 is 19.2 Å². The summed E-state index contributed by atoms with van der Waals surface area (Å²) in [5.41, 5.74) is 1.29. The summed E-state index contributed by atoms with van der Waals surface area (Å²) in [6.45, 7) is 13.2. The highest BCUT2D eigenvalue weighted by atomic mass is 35.5. The zero-order valence-corrected chi connectivity index (χ0v) is 28.2. The monoisotopic (exact) mass is 629 g/mol. The molecule has 1 heterocycles. The standard InChI is InChI=1S/C35H49ClNO5P/c1-23(2)28-14-9-25(5)32(20-28)41-43(39,42-33-21-29(24(3)4)15-10-26(33)6)35(30-8-7-19-37-22-30)40-34(38)18-13-27-11-16-31(36)17-12-27/h7-8,11-13,16-19,22-26,28-29,32-33,35H,9-10,14-15,20-21H2,1-6H3. The number of carbonyl (C=O) groups excluding carboxylic acids is 1. The predicted octanol–water partition coefficient (Wildman–Crippen LogP) is 10.1. The van der Waals surface area contributed by atoms with E-state index in [4.69, 9.17) is 25.4 Å². The van der Waals surface area contributed by atoms with Gasteiger partial charge in [0.1, 0.15) is 0 Å². The van der Waals surface area contributed by atoms with E-state index >= 15 is 4.57 Å². The molecule has 0 N–H and O–H groups in total. The van der Waals surface area contributed by atoms with Gasteiger partial charge in [-0.2, -0.15) is 0 Å². The van der Waals surface area contributed by atoms with E-state index in [1.807, 2.05) is 12.1 Å². The van der Waals surface area contributed by atoms with Gasteiger partial charge in [-0.05, 0) is 104 Å². The molecule has 0 bridgehead atoms. The van der Waals surface area contributed by atoms with E-state index in [2.05, 4.69) is 46.5 Å². The molecule has 1 aromatic carbocycles. The van der Waals surface area contributed by atoms with Crippen LogP contribution in [0.5, 0.6) is 0 Å². The smallest absolute Gasteiger partial charge is 0.376 e. The van der Waals surface area contributed by atoms with Crippen molar-refractivity contribution in [1.82, 2.24) is 4.98 Å². The molecule has 7 atom stereocenters. The summed E-state index contributed by atoms with van der Waals surface area (Å²) >= 11 is 6.01. The van der Waals surface area contributed by atoms with E-state index in [0.29, 0.717) is 34.3 Å². The van der Waals surface area contributed by atoms with Crippen LogP contribution in [0.4, 0.5) is 0 Å². The van der Waals surface area contributed by atoms with Crippen LogP contribution in [0.1, 0.15) is 97.0 Å². The third-order valence-electron chi connectivity index (χ3n) is 9.54. The van der Waals surface area contributed by atoms with Gasteiger partial charge in [0.15, 0.2) is 0 Å². The third kappa shape index (κ3) is 9.26. The summed E-state index contributed by atoms with van der Waals surface area (Å²) in [6, 6.07) is 10.7. The molecule has 7 unspecified atom stereocenters. The molecular formula is C35H49ClNO5P. The fourth-order valence-electron chi connectivity index (χ4n) is 6.37. The molecule has 2 aliphatic carbocycles. The molecule has 8 heteroatoms.